The number of aliphatic hydroxyl groups excluding tert-OH is 1. The highest BCUT2D eigenvalue weighted by atomic mass is 35.5. The number of halogens is 1. The number of hydrogen-bond donors (Lipinski definition) is 3. The van der Waals surface area contributed by atoms with E-state index in [-0.39, 0.29) is 17.5 Å². The Morgan fingerprint density at radius 1 is 1.50 bits per heavy atom. The van der Waals surface area contributed by atoms with Crippen LogP contribution in [0.5, 0.6) is 0 Å². The second-order valence-electron chi connectivity index (χ2n) is 6.30. The molecule has 0 bridgehead atoms. The second kappa shape index (κ2) is 6.94. The van der Waals surface area contributed by atoms with Crippen LogP contribution in [0.1, 0.15) is 37.1 Å². The van der Waals surface area contributed by atoms with Gasteiger partial charge in [0.2, 0.25) is 0 Å². The molecule has 1 aliphatic carbocycles. The number of nitrogens with one attached hydrogen (secondary N) is 2. The molecule has 2 aromatic rings. The molecule has 3 N–H and O–H groups in total. The van der Waals surface area contributed by atoms with E-state index in [1.54, 1.807) is 10.8 Å². The van der Waals surface area contributed by atoms with Crippen molar-refractivity contribution in [3.05, 3.63) is 39.2 Å². The van der Waals surface area contributed by atoms with Crippen LogP contribution in [0.2, 0.25) is 5.02 Å². The van der Waals surface area contributed by atoms with E-state index in [0.29, 0.717) is 30.4 Å². The van der Waals surface area contributed by atoms with Crippen LogP contribution in [0, 0.1) is 12.8 Å². The van der Waals surface area contributed by atoms with Gasteiger partial charge in [0, 0.05) is 31.1 Å². The van der Waals surface area contributed by atoms with Crippen LogP contribution in [0.4, 0.5) is 5.82 Å². The number of pyridine rings is 1. The van der Waals surface area contributed by atoms with E-state index in [0.717, 1.165) is 17.8 Å². The molecule has 0 aliphatic heterocycles. The predicted octanol–water partition coefficient (Wildman–Crippen LogP) is 1.91. The molecule has 0 spiro atoms. The molecule has 3 atom stereocenters. The smallest absolute Gasteiger partial charge is 0.343 e. The van der Waals surface area contributed by atoms with Gasteiger partial charge < -0.3 is 10.4 Å². The summed E-state index contributed by atoms with van der Waals surface area (Å²) in [5.41, 5.74) is 0.766. The second-order valence-corrected chi connectivity index (χ2v) is 6.68. The maximum atomic E-state index is 11.7. The summed E-state index contributed by atoms with van der Waals surface area (Å²) in [4.78, 5) is 16.0. The fourth-order valence-electron chi connectivity index (χ4n) is 3.37. The number of aryl methyl sites for hydroxylation is 1. The molecular formula is C16H22ClN5O2. The van der Waals surface area contributed by atoms with Crippen molar-refractivity contribution in [3.63, 3.8) is 0 Å². The van der Waals surface area contributed by atoms with E-state index in [1.807, 2.05) is 19.9 Å². The summed E-state index contributed by atoms with van der Waals surface area (Å²) in [5, 5.41) is 20.9. The molecule has 0 unspecified atom stereocenters. The average Bonchev–Trinajstić information content (AvgIpc) is 3.11. The van der Waals surface area contributed by atoms with Crippen LogP contribution < -0.4 is 11.0 Å². The Hall–Kier alpha value is -1.86. The minimum Gasteiger partial charge on any atom is -0.393 e. The van der Waals surface area contributed by atoms with Crippen molar-refractivity contribution in [2.24, 2.45) is 5.92 Å². The topological polar surface area (TPSA) is 95.8 Å². The summed E-state index contributed by atoms with van der Waals surface area (Å²) in [5.74, 6) is 1.51. The Balaban J connectivity index is 1.68. The van der Waals surface area contributed by atoms with Gasteiger partial charge in [-0.05, 0) is 38.3 Å². The minimum atomic E-state index is -0.441. The average molecular weight is 352 g/mol. The molecule has 2 aromatic heterocycles. The summed E-state index contributed by atoms with van der Waals surface area (Å²) in [6.45, 7) is 4.99. The molecule has 8 heteroatoms. The largest absolute Gasteiger partial charge is 0.393 e. The van der Waals surface area contributed by atoms with Crippen molar-refractivity contribution in [1.82, 2.24) is 19.7 Å². The van der Waals surface area contributed by atoms with Crippen molar-refractivity contribution in [3.8, 4) is 0 Å². The first kappa shape index (κ1) is 17.0. The van der Waals surface area contributed by atoms with Crippen molar-refractivity contribution in [1.29, 1.82) is 0 Å². The Kier molecular flexibility index (Phi) is 4.91. The van der Waals surface area contributed by atoms with Gasteiger partial charge in [0.15, 0.2) is 0 Å². The van der Waals surface area contributed by atoms with Crippen LogP contribution in [-0.4, -0.2) is 37.5 Å². The van der Waals surface area contributed by atoms with Crippen molar-refractivity contribution in [2.45, 2.75) is 45.3 Å². The highest BCUT2D eigenvalue weighted by molar-refractivity contribution is 6.33. The standard InChI is InChI=1S/C16H22ClN5O2/c1-3-22-15(20-21-16(22)24)10-6-11(12(23)7-10)8-19-14-13(17)9(2)4-5-18-14/h4-5,10-12,23H,3,6-8H2,1-2H3,(H,18,19)(H,21,24)/t10-,11+,12+/m0/s1. The van der Waals surface area contributed by atoms with Crippen molar-refractivity contribution >= 4 is 17.4 Å². The summed E-state index contributed by atoms with van der Waals surface area (Å²) < 4.78 is 1.63. The summed E-state index contributed by atoms with van der Waals surface area (Å²) >= 11 is 6.24. The first-order valence-corrected chi connectivity index (χ1v) is 8.57. The van der Waals surface area contributed by atoms with Gasteiger partial charge in [-0.25, -0.2) is 14.9 Å². The third-order valence-electron chi connectivity index (χ3n) is 4.74. The molecule has 130 valence electrons. The minimum absolute atomic E-state index is 0.0606. The summed E-state index contributed by atoms with van der Waals surface area (Å²) in [6.07, 6.45) is 2.64. The van der Waals surface area contributed by atoms with E-state index >= 15 is 0 Å². The molecule has 1 aliphatic rings. The van der Waals surface area contributed by atoms with Gasteiger partial charge >= 0.3 is 5.69 Å². The number of aromatic nitrogens is 4. The molecule has 0 amide bonds. The maximum Gasteiger partial charge on any atom is 0.343 e. The van der Waals surface area contributed by atoms with Crippen molar-refractivity contribution in [2.75, 3.05) is 11.9 Å². The Morgan fingerprint density at radius 2 is 2.29 bits per heavy atom. The zero-order valence-corrected chi connectivity index (χ0v) is 14.5. The number of rotatable bonds is 5. The first-order chi connectivity index (χ1) is 11.5. The fraction of sp³-hybridized carbons (Fsp3) is 0.562. The molecule has 7 nitrogen and oxygen atoms in total. The van der Waals surface area contributed by atoms with Gasteiger partial charge in [-0.1, -0.05) is 11.6 Å². The Bertz CT molecular complexity index is 772. The summed E-state index contributed by atoms with van der Waals surface area (Å²) in [6, 6.07) is 1.86. The predicted molar refractivity (Wildman–Crippen MR) is 92.5 cm³/mol. The van der Waals surface area contributed by atoms with Gasteiger partial charge in [0.25, 0.3) is 0 Å². The quantitative estimate of drug-likeness (QED) is 0.764. The van der Waals surface area contributed by atoms with E-state index in [2.05, 4.69) is 20.5 Å². The Labute approximate surface area is 145 Å². The van der Waals surface area contributed by atoms with E-state index in [1.165, 1.54) is 0 Å². The Morgan fingerprint density at radius 3 is 3.04 bits per heavy atom. The molecule has 0 saturated heterocycles. The normalized spacial score (nSPS) is 23.6. The molecule has 0 radical (unpaired) electrons. The van der Waals surface area contributed by atoms with Crippen molar-refractivity contribution < 1.29 is 5.11 Å². The van der Waals surface area contributed by atoms with Gasteiger partial charge in [-0.15, -0.1) is 0 Å². The third-order valence-corrected chi connectivity index (χ3v) is 5.22. The van der Waals surface area contributed by atoms with Gasteiger partial charge in [-0.3, -0.25) is 4.57 Å². The van der Waals surface area contributed by atoms with Gasteiger partial charge in [-0.2, -0.15) is 5.10 Å². The zero-order chi connectivity index (χ0) is 17.3. The van der Waals surface area contributed by atoms with E-state index in [4.69, 9.17) is 11.6 Å². The molecule has 0 aromatic carbocycles. The SMILES string of the molecule is CCn1c([C@H]2C[C@H](CNc3nccc(C)c3Cl)[C@H](O)C2)n[nH]c1=O. The van der Waals surface area contributed by atoms with Gasteiger partial charge in [0.1, 0.15) is 11.6 Å². The number of hydrogen-bond acceptors (Lipinski definition) is 5. The lowest BCUT2D eigenvalue weighted by atomic mass is 10.0. The lowest BCUT2D eigenvalue weighted by Crippen LogP contribution is -2.22. The highest BCUT2D eigenvalue weighted by Crippen LogP contribution is 2.37. The van der Waals surface area contributed by atoms with Crippen LogP contribution in [0.25, 0.3) is 0 Å². The lowest BCUT2D eigenvalue weighted by Gasteiger charge is -2.16. The zero-order valence-electron chi connectivity index (χ0n) is 13.8. The number of H-pyrrole nitrogens is 1. The molecule has 1 saturated carbocycles. The third kappa shape index (κ3) is 3.18. The monoisotopic (exact) mass is 351 g/mol. The van der Waals surface area contributed by atoms with Crippen LogP contribution in [-0.2, 0) is 6.54 Å². The van der Waals surface area contributed by atoms with Gasteiger partial charge in [0.05, 0.1) is 11.1 Å². The molecule has 2 heterocycles. The van der Waals surface area contributed by atoms with Crippen LogP contribution in [0.15, 0.2) is 17.1 Å². The van der Waals surface area contributed by atoms with E-state index in [9.17, 15) is 9.90 Å². The summed E-state index contributed by atoms with van der Waals surface area (Å²) in [7, 11) is 0. The molecule has 24 heavy (non-hydrogen) atoms. The molecule has 3 rings (SSSR count). The molecular weight excluding hydrogens is 330 g/mol. The maximum absolute atomic E-state index is 11.7. The number of aliphatic hydroxyl groups is 1. The van der Waals surface area contributed by atoms with E-state index < -0.39 is 6.10 Å². The van der Waals surface area contributed by atoms with Crippen LogP contribution in [0.3, 0.4) is 0 Å². The number of nitrogens with zero attached hydrogens (tertiary/aromatic N) is 3. The lowest BCUT2D eigenvalue weighted by molar-refractivity contribution is 0.137. The number of anilines is 1. The molecule has 1 fully saturated rings. The highest BCUT2D eigenvalue weighted by Gasteiger charge is 2.36. The van der Waals surface area contributed by atoms with Crippen LogP contribution >= 0.6 is 11.6 Å². The first-order valence-electron chi connectivity index (χ1n) is 8.19. The fourth-order valence-corrected chi connectivity index (χ4v) is 3.55. The number of aromatic amines is 1.